The molecule has 4 N–H and O–H groups in total. The fraction of sp³-hybridized carbons (Fsp3) is 0.528. The van der Waals surface area contributed by atoms with Crippen LogP contribution < -0.4 is 5.32 Å². The first-order chi connectivity index (χ1) is 21.9. The highest BCUT2D eigenvalue weighted by molar-refractivity contribution is 6.39. The van der Waals surface area contributed by atoms with E-state index >= 15 is 0 Å². The number of unbranched alkanes of at least 4 members (excludes halogenated alkanes) is 4. The highest BCUT2D eigenvalue weighted by Gasteiger charge is 2.39. The van der Waals surface area contributed by atoms with Gasteiger partial charge >= 0.3 is 11.9 Å². The summed E-state index contributed by atoms with van der Waals surface area (Å²) >= 11 is 12.1. The van der Waals surface area contributed by atoms with E-state index in [1.165, 1.54) is 7.11 Å². The summed E-state index contributed by atoms with van der Waals surface area (Å²) in [6.07, 6.45) is 11.6. The largest absolute Gasteiger partial charge is 0.481 e. The number of para-hydroxylation sites is 2. The van der Waals surface area contributed by atoms with Crippen molar-refractivity contribution in [3.63, 3.8) is 0 Å². The van der Waals surface area contributed by atoms with E-state index in [4.69, 9.17) is 28.3 Å². The fourth-order valence-corrected chi connectivity index (χ4v) is 6.02. The Kier molecular flexibility index (Phi) is 17.4. The number of aliphatic carboxylic acids is 1. The van der Waals surface area contributed by atoms with Gasteiger partial charge in [0, 0.05) is 30.4 Å². The number of esters is 1. The van der Waals surface area contributed by atoms with Crippen LogP contribution in [0.4, 0.5) is 11.4 Å². The van der Waals surface area contributed by atoms with Crippen LogP contribution in [0.15, 0.2) is 54.6 Å². The number of benzene rings is 2. The van der Waals surface area contributed by atoms with Crippen molar-refractivity contribution in [1.82, 2.24) is 0 Å². The number of Topliss-reactive ketones (excluding diaryl/α,β-unsaturated/α-hetero) is 1. The van der Waals surface area contributed by atoms with Gasteiger partial charge < -0.3 is 25.4 Å². The molecule has 46 heavy (non-hydrogen) atoms. The Balaban J connectivity index is 0.000000339. The Hall–Kier alpha value is -2.91. The molecule has 1 fully saturated rings. The number of hydrogen-bond donors (Lipinski definition) is 4. The number of methoxy groups -OCH3 is 1. The van der Waals surface area contributed by atoms with Crippen molar-refractivity contribution in [2.75, 3.05) is 12.4 Å². The molecule has 4 atom stereocenters. The van der Waals surface area contributed by atoms with Crippen molar-refractivity contribution >= 4 is 52.3 Å². The SMILES string of the molecule is CCCCC(C)(O)C/C=C/[C@H]1[C@H](O)CC(=O)[C@@H]1CCCCCCC(=O)OC.O=C(O)Cc1ccccc1Nc1c(Cl)cccc1Cl. The van der Waals surface area contributed by atoms with Crippen LogP contribution in [0.25, 0.3) is 0 Å². The van der Waals surface area contributed by atoms with Gasteiger partial charge in [-0.05, 0) is 56.4 Å². The standard InChI is InChI=1S/C22H38O5.C14H11Cl2NO2/c1-4-5-14-22(2,26)15-10-12-18-17(19(23)16-20(18)24)11-8-6-7-9-13-21(25)27-3;15-10-5-3-6-11(16)14(10)17-12-7-2-1-4-9(12)8-13(18)19/h10,12,17-18,20,24,26H,4-9,11,13-16H2,1-3H3;1-7,17H,8H2,(H,18,19)/b12-10+;/t17-,18-,20-,22?;/m1./s1. The molecule has 254 valence electrons. The summed E-state index contributed by atoms with van der Waals surface area (Å²) in [5.74, 6) is -1.19. The van der Waals surface area contributed by atoms with E-state index in [1.54, 1.807) is 36.4 Å². The zero-order chi connectivity index (χ0) is 34.1. The first kappa shape index (κ1) is 39.3. The molecule has 0 amide bonds. The van der Waals surface area contributed by atoms with Gasteiger partial charge in [-0.25, -0.2) is 0 Å². The predicted molar refractivity (Wildman–Crippen MR) is 184 cm³/mol. The molecule has 2 aromatic carbocycles. The number of carboxylic acid groups (broad SMARTS) is 1. The first-order valence-corrected chi connectivity index (χ1v) is 16.8. The number of halogens is 2. The number of carbonyl (C=O) groups is 3. The summed E-state index contributed by atoms with van der Waals surface area (Å²) in [6.45, 7) is 3.95. The van der Waals surface area contributed by atoms with Gasteiger partial charge in [-0.3, -0.25) is 14.4 Å². The number of carbonyl (C=O) groups excluding carboxylic acids is 2. The quantitative estimate of drug-likeness (QED) is 0.0746. The van der Waals surface area contributed by atoms with Gasteiger partial charge in [-0.15, -0.1) is 0 Å². The van der Waals surface area contributed by atoms with Crippen molar-refractivity contribution in [1.29, 1.82) is 0 Å². The van der Waals surface area contributed by atoms with Gasteiger partial charge in [0.1, 0.15) is 5.78 Å². The minimum Gasteiger partial charge on any atom is -0.481 e. The summed E-state index contributed by atoms with van der Waals surface area (Å²) in [7, 11) is 1.40. The van der Waals surface area contributed by atoms with Crippen molar-refractivity contribution in [2.24, 2.45) is 11.8 Å². The van der Waals surface area contributed by atoms with E-state index in [0.717, 1.165) is 51.4 Å². The lowest BCUT2D eigenvalue weighted by atomic mass is 9.87. The first-order valence-electron chi connectivity index (χ1n) is 16.1. The Labute approximate surface area is 283 Å². The number of anilines is 2. The lowest BCUT2D eigenvalue weighted by Gasteiger charge is -2.22. The highest BCUT2D eigenvalue weighted by Crippen LogP contribution is 2.35. The maximum atomic E-state index is 12.2. The molecule has 0 aromatic heterocycles. The predicted octanol–water partition coefficient (Wildman–Crippen LogP) is 8.32. The molecule has 0 saturated heterocycles. The van der Waals surface area contributed by atoms with E-state index in [-0.39, 0.29) is 36.4 Å². The van der Waals surface area contributed by atoms with Gasteiger partial charge in [0.15, 0.2) is 0 Å². The zero-order valence-electron chi connectivity index (χ0n) is 27.1. The lowest BCUT2D eigenvalue weighted by Crippen LogP contribution is -2.23. The van der Waals surface area contributed by atoms with E-state index < -0.39 is 17.7 Å². The second-order valence-corrected chi connectivity index (χ2v) is 12.9. The number of hydrogen-bond acceptors (Lipinski definition) is 7. The molecule has 0 aliphatic heterocycles. The molecule has 0 heterocycles. The minimum atomic E-state index is -0.889. The molecule has 2 aromatic rings. The third-order valence-corrected chi connectivity index (χ3v) is 8.80. The number of ether oxygens (including phenoxy) is 1. The smallest absolute Gasteiger partial charge is 0.307 e. The monoisotopic (exact) mass is 677 g/mol. The fourth-order valence-electron chi connectivity index (χ4n) is 5.53. The number of aliphatic hydroxyl groups excluding tert-OH is 1. The van der Waals surface area contributed by atoms with E-state index in [2.05, 4.69) is 17.0 Å². The maximum Gasteiger partial charge on any atom is 0.307 e. The van der Waals surface area contributed by atoms with Crippen LogP contribution in [0, 0.1) is 11.8 Å². The second-order valence-electron chi connectivity index (χ2n) is 12.1. The summed E-state index contributed by atoms with van der Waals surface area (Å²) < 4.78 is 4.62. The molecule has 0 spiro atoms. The molecule has 1 aliphatic carbocycles. The molecule has 1 aliphatic rings. The average molecular weight is 679 g/mol. The van der Waals surface area contributed by atoms with Crippen LogP contribution in [0.1, 0.15) is 90.0 Å². The molecule has 0 bridgehead atoms. The summed E-state index contributed by atoms with van der Waals surface area (Å²) in [5, 5.41) is 33.6. The Morgan fingerprint density at radius 1 is 1.04 bits per heavy atom. The van der Waals surface area contributed by atoms with Gasteiger partial charge in [-0.2, -0.15) is 0 Å². The summed E-state index contributed by atoms with van der Waals surface area (Å²) in [4.78, 5) is 34.2. The Bertz CT molecular complexity index is 1280. The van der Waals surface area contributed by atoms with Gasteiger partial charge in [0.05, 0.1) is 41.0 Å². The van der Waals surface area contributed by atoms with Crippen LogP contribution in [0.2, 0.25) is 10.0 Å². The van der Waals surface area contributed by atoms with Gasteiger partial charge in [-0.1, -0.05) is 98.6 Å². The summed E-state index contributed by atoms with van der Waals surface area (Å²) in [5.41, 5.74) is 1.20. The maximum absolute atomic E-state index is 12.2. The Morgan fingerprint density at radius 3 is 2.37 bits per heavy atom. The highest BCUT2D eigenvalue weighted by atomic mass is 35.5. The third-order valence-electron chi connectivity index (χ3n) is 8.17. The molecule has 1 unspecified atom stereocenters. The van der Waals surface area contributed by atoms with Crippen LogP contribution >= 0.6 is 23.2 Å². The molecule has 0 radical (unpaired) electrons. The third kappa shape index (κ3) is 13.8. The molecular weight excluding hydrogens is 629 g/mol. The molecule has 1 saturated carbocycles. The van der Waals surface area contributed by atoms with E-state index in [0.29, 0.717) is 39.8 Å². The van der Waals surface area contributed by atoms with Crippen molar-refractivity contribution in [3.05, 3.63) is 70.2 Å². The van der Waals surface area contributed by atoms with Crippen molar-refractivity contribution in [2.45, 2.75) is 103 Å². The molecule has 3 rings (SSSR count). The molecular formula is C36H49Cl2NO7. The Morgan fingerprint density at radius 2 is 1.72 bits per heavy atom. The second kappa shape index (κ2) is 20.4. The topological polar surface area (TPSA) is 133 Å². The number of ketones is 1. The summed E-state index contributed by atoms with van der Waals surface area (Å²) in [6, 6.07) is 12.3. The van der Waals surface area contributed by atoms with Crippen LogP contribution in [0.5, 0.6) is 0 Å². The number of rotatable bonds is 17. The normalized spacial score (nSPS) is 18.9. The molecule has 10 heteroatoms. The van der Waals surface area contributed by atoms with Crippen molar-refractivity contribution in [3.8, 4) is 0 Å². The lowest BCUT2D eigenvalue weighted by molar-refractivity contribution is -0.140. The zero-order valence-corrected chi connectivity index (χ0v) is 28.7. The van der Waals surface area contributed by atoms with Gasteiger partial charge in [0.2, 0.25) is 0 Å². The van der Waals surface area contributed by atoms with Gasteiger partial charge in [0.25, 0.3) is 0 Å². The number of carboxylic acids is 1. The number of nitrogens with one attached hydrogen (secondary N) is 1. The average Bonchev–Trinajstić information content (AvgIpc) is 3.27. The van der Waals surface area contributed by atoms with Crippen LogP contribution in [-0.2, 0) is 25.5 Å². The van der Waals surface area contributed by atoms with E-state index in [9.17, 15) is 24.6 Å². The van der Waals surface area contributed by atoms with Crippen LogP contribution in [-0.4, -0.2) is 51.9 Å². The minimum absolute atomic E-state index is 0.0642. The van der Waals surface area contributed by atoms with Crippen molar-refractivity contribution < 1.29 is 34.4 Å². The van der Waals surface area contributed by atoms with E-state index in [1.807, 2.05) is 25.1 Å². The number of aliphatic hydroxyl groups is 2. The molecule has 8 nitrogen and oxygen atoms in total. The van der Waals surface area contributed by atoms with Crippen LogP contribution in [0.3, 0.4) is 0 Å².